The van der Waals surface area contributed by atoms with Crippen LogP contribution in [0.4, 0.5) is 5.69 Å². The molecule has 4 heteroatoms. The lowest BCUT2D eigenvalue weighted by Crippen LogP contribution is -2.18. The molecule has 1 aromatic heterocycles. The Morgan fingerprint density at radius 1 is 1.22 bits per heavy atom. The molecule has 1 atom stereocenters. The first-order valence-corrected chi connectivity index (χ1v) is 6.63. The summed E-state index contributed by atoms with van der Waals surface area (Å²) in [5.74, 6) is 1.48. The van der Waals surface area contributed by atoms with Crippen LogP contribution >= 0.6 is 0 Å². The molecule has 4 rings (SSSR count). The molecule has 1 saturated heterocycles. The summed E-state index contributed by atoms with van der Waals surface area (Å²) in [5, 5.41) is 3.48. The summed E-state index contributed by atoms with van der Waals surface area (Å²) in [6, 6.07) is 6.56. The molecule has 0 spiro atoms. The summed E-state index contributed by atoms with van der Waals surface area (Å²) in [6.07, 6.45) is 3.51. The van der Waals surface area contributed by atoms with E-state index in [0.29, 0.717) is 12.0 Å². The molecule has 1 aliphatic carbocycles. The largest absolute Gasteiger partial charge is 0.440 e. The van der Waals surface area contributed by atoms with Gasteiger partial charge in [-0.15, -0.1) is 0 Å². The van der Waals surface area contributed by atoms with Gasteiger partial charge in [0.1, 0.15) is 5.52 Å². The molecule has 1 aliphatic heterocycles. The highest BCUT2D eigenvalue weighted by molar-refractivity contribution is 5.77. The number of hydrogen-bond acceptors (Lipinski definition) is 4. The number of nitrogens with one attached hydrogen (secondary N) is 1. The molecule has 1 unspecified atom stereocenters. The summed E-state index contributed by atoms with van der Waals surface area (Å²) in [6.45, 7) is 1.65. The Hall–Kier alpha value is -1.55. The van der Waals surface area contributed by atoms with E-state index in [-0.39, 0.29) is 0 Å². The fourth-order valence-electron chi connectivity index (χ4n) is 2.42. The minimum Gasteiger partial charge on any atom is -0.440 e. The van der Waals surface area contributed by atoms with Gasteiger partial charge in [-0.2, -0.15) is 0 Å². The van der Waals surface area contributed by atoms with Gasteiger partial charge in [-0.05, 0) is 37.5 Å². The van der Waals surface area contributed by atoms with Gasteiger partial charge in [-0.1, -0.05) is 0 Å². The van der Waals surface area contributed by atoms with E-state index in [1.807, 2.05) is 6.07 Å². The molecule has 1 saturated carbocycles. The van der Waals surface area contributed by atoms with Gasteiger partial charge in [0.25, 0.3) is 0 Å². The van der Waals surface area contributed by atoms with Gasteiger partial charge < -0.3 is 14.5 Å². The number of ether oxygens (including phenoxy) is 1. The van der Waals surface area contributed by atoms with E-state index in [0.717, 1.165) is 42.3 Å². The molecule has 0 bridgehead atoms. The Labute approximate surface area is 105 Å². The summed E-state index contributed by atoms with van der Waals surface area (Å²) in [4.78, 5) is 4.57. The third-order valence-electron chi connectivity index (χ3n) is 3.63. The summed E-state index contributed by atoms with van der Waals surface area (Å²) >= 11 is 0. The van der Waals surface area contributed by atoms with Crippen molar-refractivity contribution < 1.29 is 9.15 Å². The number of benzene rings is 1. The Morgan fingerprint density at radius 3 is 2.94 bits per heavy atom. The Kier molecular flexibility index (Phi) is 2.30. The number of aromatic nitrogens is 1. The van der Waals surface area contributed by atoms with Crippen molar-refractivity contribution >= 4 is 16.8 Å². The van der Waals surface area contributed by atoms with Crippen LogP contribution in [0.15, 0.2) is 22.6 Å². The van der Waals surface area contributed by atoms with Crippen LogP contribution in [0.25, 0.3) is 11.1 Å². The minimum atomic E-state index is 0.428. The number of nitrogens with zero attached hydrogens (tertiary/aromatic N) is 1. The predicted octanol–water partition coefficient (Wildman–Crippen LogP) is 2.91. The van der Waals surface area contributed by atoms with Crippen LogP contribution in [-0.4, -0.2) is 24.2 Å². The van der Waals surface area contributed by atoms with Crippen molar-refractivity contribution in [3.05, 3.63) is 24.1 Å². The molecule has 1 aromatic carbocycles. The quantitative estimate of drug-likeness (QED) is 0.901. The highest BCUT2D eigenvalue weighted by Crippen LogP contribution is 2.40. The molecule has 2 heterocycles. The molecule has 1 N–H and O–H groups in total. The molecule has 18 heavy (non-hydrogen) atoms. The molecule has 4 nitrogen and oxygen atoms in total. The van der Waals surface area contributed by atoms with Gasteiger partial charge in [0, 0.05) is 18.2 Å². The van der Waals surface area contributed by atoms with Crippen LogP contribution in [0.3, 0.4) is 0 Å². The standard InChI is InChI=1S/C14H16N2O2/c1-2-9(1)14-16-12-7-10(3-4-13(12)18-14)15-11-5-6-17-8-11/h3-4,7,9,11,15H,1-2,5-6,8H2. The number of fused-ring (bicyclic) bond motifs is 1. The smallest absolute Gasteiger partial charge is 0.198 e. The van der Waals surface area contributed by atoms with Crippen LogP contribution in [0.1, 0.15) is 31.1 Å². The van der Waals surface area contributed by atoms with Crippen molar-refractivity contribution in [3.63, 3.8) is 0 Å². The third-order valence-corrected chi connectivity index (χ3v) is 3.63. The van der Waals surface area contributed by atoms with Crippen LogP contribution < -0.4 is 5.32 Å². The number of rotatable bonds is 3. The van der Waals surface area contributed by atoms with Crippen molar-refractivity contribution in [2.75, 3.05) is 18.5 Å². The summed E-state index contributed by atoms with van der Waals surface area (Å²) in [5.41, 5.74) is 2.96. The maximum Gasteiger partial charge on any atom is 0.198 e. The highest BCUT2D eigenvalue weighted by Gasteiger charge is 2.28. The van der Waals surface area contributed by atoms with Crippen molar-refractivity contribution in [3.8, 4) is 0 Å². The number of anilines is 1. The van der Waals surface area contributed by atoms with Gasteiger partial charge in [0.05, 0.1) is 12.6 Å². The van der Waals surface area contributed by atoms with Crippen molar-refractivity contribution in [1.82, 2.24) is 4.98 Å². The first kappa shape index (κ1) is 10.4. The average Bonchev–Trinajstić information content (AvgIpc) is 2.95. The molecule has 0 radical (unpaired) electrons. The van der Waals surface area contributed by atoms with Crippen LogP contribution in [0.2, 0.25) is 0 Å². The van der Waals surface area contributed by atoms with Crippen LogP contribution in [0, 0.1) is 0 Å². The molecule has 2 aliphatic rings. The van der Waals surface area contributed by atoms with E-state index in [1.54, 1.807) is 0 Å². The lowest BCUT2D eigenvalue weighted by molar-refractivity contribution is 0.195. The normalized spacial score (nSPS) is 23.7. The van der Waals surface area contributed by atoms with E-state index >= 15 is 0 Å². The molecule has 94 valence electrons. The fraction of sp³-hybridized carbons (Fsp3) is 0.500. The Morgan fingerprint density at radius 2 is 2.17 bits per heavy atom. The highest BCUT2D eigenvalue weighted by atomic mass is 16.5. The van der Waals surface area contributed by atoms with Gasteiger partial charge in [0.15, 0.2) is 11.5 Å². The third kappa shape index (κ3) is 1.86. The maximum absolute atomic E-state index is 5.75. The van der Waals surface area contributed by atoms with E-state index < -0.39 is 0 Å². The van der Waals surface area contributed by atoms with E-state index in [9.17, 15) is 0 Å². The lowest BCUT2D eigenvalue weighted by Gasteiger charge is -2.11. The molecule has 2 aromatic rings. The van der Waals surface area contributed by atoms with Crippen LogP contribution in [0.5, 0.6) is 0 Å². The fourth-order valence-corrected chi connectivity index (χ4v) is 2.42. The van der Waals surface area contributed by atoms with Gasteiger partial charge in [-0.25, -0.2) is 4.98 Å². The lowest BCUT2D eigenvalue weighted by atomic mass is 10.2. The first-order chi connectivity index (χ1) is 8.88. The second kappa shape index (κ2) is 3.99. The number of hydrogen-bond donors (Lipinski definition) is 1. The van der Waals surface area contributed by atoms with E-state index in [2.05, 4.69) is 22.4 Å². The summed E-state index contributed by atoms with van der Waals surface area (Å²) < 4.78 is 11.1. The molecular formula is C14H16N2O2. The van der Waals surface area contributed by atoms with Gasteiger partial charge in [-0.3, -0.25) is 0 Å². The topological polar surface area (TPSA) is 47.3 Å². The Bertz CT molecular complexity index is 568. The minimum absolute atomic E-state index is 0.428. The zero-order chi connectivity index (χ0) is 11.9. The molecule has 2 fully saturated rings. The first-order valence-electron chi connectivity index (χ1n) is 6.63. The Balaban J connectivity index is 1.61. The van der Waals surface area contributed by atoms with Crippen molar-refractivity contribution in [2.45, 2.75) is 31.2 Å². The van der Waals surface area contributed by atoms with Crippen molar-refractivity contribution in [2.24, 2.45) is 0 Å². The SMILES string of the molecule is c1cc2oc(C3CC3)nc2cc1NC1CCOC1. The number of oxazole rings is 1. The zero-order valence-corrected chi connectivity index (χ0v) is 10.2. The zero-order valence-electron chi connectivity index (χ0n) is 10.2. The second-order valence-corrected chi connectivity index (χ2v) is 5.21. The van der Waals surface area contributed by atoms with E-state index in [4.69, 9.17) is 9.15 Å². The maximum atomic E-state index is 5.75. The average molecular weight is 244 g/mol. The molecule has 0 amide bonds. The second-order valence-electron chi connectivity index (χ2n) is 5.21. The molecular weight excluding hydrogens is 228 g/mol. The van der Waals surface area contributed by atoms with E-state index in [1.165, 1.54) is 12.8 Å². The van der Waals surface area contributed by atoms with Gasteiger partial charge >= 0.3 is 0 Å². The monoisotopic (exact) mass is 244 g/mol. The van der Waals surface area contributed by atoms with Gasteiger partial charge in [0.2, 0.25) is 0 Å². The summed E-state index contributed by atoms with van der Waals surface area (Å²) in [7, 11) is 0. The predicted molar refractivity (Wildman–Crippen MR) is 68.8 cm³/mol. The van der Waals surface area contributed by atoms with Crippen molar-refractivity contribution in [1.29, 1.82) is 0 Å². The van der Waals surface area contributed by atoms with Crippen LogP contribution in [-0.2, 0) is 4.74 Å².